The maximum atomic E-state index is 12.7. The summed E-state index contributed by atoms with van der Waals surface area (Å²) in [5.74, 6) is -1.04. The minimum atomic E-state index is -1.13. The summed E-state index contributed by atoms with van der Waals surface area (Å²) in [4.78, 5) is 24.3. The lowest BCUT2D eigenvalue weighted by molar-refractivity contribution is -0.171. The van der Waals surface area contributed by atoms with E-state index in [-0.39, 0.29) is 16.6 Å². The van der Waals surface area contributed by atoms with E-state index in [0.29, 0.717) is 18.3 Å². The molecule has 0 aliphatic heterocycles. The number of nitriles is 1. The van der Waals surface area contributed by atoms with Gasteiger partial charge < -0.3 is 10.1 Å². The van der Waals surface area contributed by atoms with Crippen molar-refractivity contribution in [1.29, 1.82) is 10.7 Å². The highest BCUT2D eigenvalue weighted by molar-refractivity contribution is 6.24. The van der Waals surface area contributed by atoms with Gasteiger partial charge in [0, 0.05) is 10.6 Å². The maximum Gasteiger partial charge on any atom is 0.312 e. The van der Waals surface area contributed by atoms with Crippen molar-refractivity contribution in [2.45, 2.75) is 50.3 Å². The topological polar surface area (TPSA) is 91.0 Å². The highest BCUT2D eigenvalue weighted by Gasteiger charge is 2.60. The van der Waals surface area contributed by atoms with Crippen LogP contribution >= 0.6 is 11.6 Å². The molecule has 4 bridgehead atoms. The Kier molecular flexibility index (Phi) is 4.00. The Morgan fingerprint density at radius 2 is 1.96 bits per heavy atom. The van der Waals surface area contributed by atoms with Gasteiger partial charge in [0.2, 0.25) is 0 Å². The molecule has 1 N–H and O–H groups in total. The number of esters is 1. The number of hydrogen-bond acceptors (Lipinski definition) is 5. The van der Waals surface area contributed by atoms with Gasteiger partial charge in [-0.2, -0.15) is 5.26 Å². The third kappa shape index (κ3) is 2.89. The maximum absolute atomic E-state index is 12.7. The van der Waals surface area contributed by atoms with E-state index in [0.717, 1.165) is 32.1 Å². The van der Waals surface area contributed by atoms with Gasteiger partial charge in [0.25, 0.3) is 0 Å². The van der Waals surface area contributed by atoms with Crippen LogP contribution in [-0.4, -0.2) is 28.9 Å². The fourth-order valence-corrected chi connectivity index (χ4v) is 5.87. The van der Waals surface area contributed by atoms with Gasteiger partial charge in [-0.25, -0.2) is 0 Å². The third-order valence-electron chi connectivity index (χ3n) is 5.65. The molecule has 4 saturated carbocycles. The highest BCUT2D eigenvalue weighted by Crippen LogP contribution is 2.64. The molecule has 4 fully saturated rings. The highest BCUT2D eigenvalue weighted by atomic mass is 35.5. The van der Waals surface area contributed by atoms with Crippen molar-refractivity contribution >= 4 is 29.1 Å². The molecule has 6 heteroatoms. The number of rotatable bonds is 5. The Hall–Kier alpha value is -1.41. The molecule has 0 aromatic heterocycles. The standard InChI is InChI=1S/C17H21ClN2O3/c1-10(20)13(7-19)14(21)8-23-15(22)16-3-11-2-12(4-16)6-17(18,5-11)9-16/h11-13,20H,2-6,8-9H2,1H3/t11-,12+,13?,16?,17?. The van der Waals surface area contributed by atoms with E-state index in [4.69, 9.17) is 27.0 Å². The van der Waals surface area contributed by atoms with Crippen molar-refractivity contribution in [3.05, 3.63) is 0 Å². The van der Waals surface area contributed by atoms with E-state index >= 15 is 0 Å². The predicted molar refractivity (Wildman–Crippen MR) is 84.2 cm³/mol. The molecule has 23 heavy (non-hydrogen) atoms. The fourth-order valence-electron chi connectivity index (χ4n) is 5.17. The van der Waals surface area contributed by atoms with Gasteiger partial charge in [0.1, 0.15) is 5.92 Å². The molecule has 0 aromatic carbocycles. The van der Waals surface area contributed by atoms with Crippen molar-refractivity contribution in [2.75, 3.05) is 6.61 Å². The van der Waals surface area contributed by atoms with Gasteiger partial charge in [-0.1, -0.05) is 0 Å². The van der Waals surface area contributed by atoms with Gasteiger partial charge in [-0.3, -0.25) is 9.59 Å². The minimum absolute atomic E-state index is 0.0249. The number of carbonyl (C=O) groups is 2. The number of hydrogen-bond donors (Lipinski definition) is 1. The average molecular weight is 337 g/mol. The second kappa shape index (κ2) is 5.59. The first kappa shape index (κ1) is 16.4. The molecule has 124 valence electrons. The molecule has 0 heterocycles. The number of Topliss-reactive ketones (excluding diaryl/α,β-unsaturated/α-hetero) is 1. The van der Waals surface area contributed by atoms with Crippen LogP contribution in [0.1, 0.15) is 45.4 Å². The zero-order valence-electron chi connectivity index (χ0n) is 13.2. The number of nitrogens with one attached hydrogen (secondary N) is 1. The Morgan fingerprint density at radius 3 is 2.43 bits per heavy atom. The molecule has 5 nitrogen and oxygen atoms in total. The zero-order chi connectivity index (χ0) is 16.8. The molecule has 0 amide bonds. The first-order valence-electron chi connectivity index (χ1n) is 8.10. The van der Waals surface area contributed by atoms with E-state index in [1.165, 1.54) is 6.92 Å². The normalized spacial score (nSPS) is 38.7. The Morgan fingerprint density at radius 1 is 1.35 bits per heavy atom. The number of ether oxygens (including phenoxy) is 1. The summed E-state index contributed by atoms with van der Waals surface area (Å²) in [6.45, 7) is 0.976. The number of halogens is 1. The van der Waals surface area contributed by atoms with Crippen LogP contribution in [0.3, 0.4) is 0 Å². The van der Waals surface area contributed by atoms with Gasteiger partial charge in [-0.05, 0) is 57.3 Å². The second-order valence-corrected chi connectivity index (χ2v) is 8.48. The Bertz CT molecular complexity index is 595. The predicted octanol–water partition coefficient (Wildman–Crippen LogP) is 2.86. The van der Waals surface area contributed by atoms with E-state index < -0.39 is 23.7 Å². The van der Waals surface area contributed by atoms with Crippen LogP contribution < -0.4 is 0 Å². The van der Waals surface area contributed by atoms with Crippen LogP contribution in [0.2, 0.25) is 0 Å². The van der Waals surface area contributed by atoms with Crippen LogP contribution in [0.25, 0.3) is 0 Å². The van der Waals surface area contributed by atoms with E-state index in [1.54, 1.807) is 6.07 Å². The van der Waals surface area contributed by atoms with Crippen LogP contribution in [0, 0.1) is 39.9 Å². The quantitative estimate of drug-likeness (QED) is 0.474. The molecule has 0 aromatic rings. The third-order valence-corrected chi connectivity index (χ3v) is 6.09. The fraction of sp³-hybridized carbons (Fsp3) is 0.765. The summed E-state index contributed by atoms with van der Waals surface area (Å²) < 4.78 is 5.27. The van der Waals surface area contributed by atoms with E-state index in [9.17, 15) is 9.59 Å². The minimum Gasteiger partial charge on any atom is -0.457 e. The van der Waals surface area contributed by atoms with Crippen molar-refractivity contribution in [3.63, 3.8) is 0 Å². The molecule has 3 unspecified atom stereocenters. The summed E-state index contributed by atoms with van der Waals surface area (Å²) in [7, 11) is 0. The number of nitrogens with zero attached hydrogens (tertiary/aromatic N) is 1. The average Bonchev–Trinajstić information content (AvgIpc) is 2.42. The van der Waals surface area contributed by atoms with Gasteiger partial charge >= 0.3 is 5.97 Å². The molecule has 4 aliphatic rings. The lowest BCUT2D eigenvalue weighted by Gasteiger charge is -2.58. The first-order valence-corrected chi connectivity index (χ1v) is 8.48. The molecule has 5 atom stereocenters. The van der Waals surface area contributed by atoms with Gasteiger partial charge in [0.15, 0.2) is 12.4 Å². The number of alkyl halides is 1. The molecule has 0 saturated heterocycles. The molecule has 0 radical (unpaired) electrons. The largest absolute Gasteiger partial charge is 0.457 e. The van der Waals surface area contributed by atoms with Gasteiger partial charge in [-0.15, -0.1) is 11.6 Å². The summed E-state index contributed by atoms with van der Waals surface area (Å²) in [6.07, 6.45) is 5.33. The Labute approximate surface area is 140 Å². The molecular formula is C17H21ClN2O3. The van der Waals surface area contributed by atoms with Crippen molar-refractivity contribution in [1.82, 2.24) is 0 Å². The summed E-state index contributed by atoms with van der Waals surface area (Å²) in [5, 5.41) is 16.4. The van der Waals surface area contributed by atoms with Gasteiger partial charge in [0.05, 0.1) is 11.5 Å². The van der Waals surface area contributed by atoms with Crippen molar-refractivity contribution < 1.29 is 14.3 Å². The van der Waals surface area contributed by atoms with Crippen LogP contribution in [0.4, 0.5) is 0 Å². The van der Waals surface area contributed by atoms with Crippen molar-refractivity contribution in [3.8, 4) is 6.07 Å². The molecule has 4 rings (SSSR count). The monoisotopic (exact) mass is 336 g/mol. The molecular weight excluding hydrogens is 316 g/mol. The summed E-state index contributed by atoms with van der Waals surface area (Å²) >= 11 is 6.70. The van der Waals surface area contributed by atoms with Crippen molar-refractivity contribution in [2.24, 2.45) is 23.2 Å². The molecule has 0 spiro atoms. The summed E-state index contributed by atoms with van der Waals surface area (Å²) in [6, 6.07) is 1.78. The second-order valence-electron chi connectivity index (χ2n) is 7.68. The van der Waals surface area contributed by atoms with Crippen LogP contribution in [0.15, 0.2) is 0 Å². The first-order chi connectivity index (χ1) is 10.8. The van der Waals surface area contributed by atoms with Crippen LogP contribution in [-0.2, 0) is 14.3 Å². The Balaban J connectivity index is 1.66. The number of carbonyl (C=O) groups excluding carboxylic acids is 2. The lowest BCUT2D eigenvalue weighted by atomic mass is 9.49. The van der Waals surface area contributed by atoms with E-state index in [1.807, 2.05) is 0 Å². The molecule has 4 aliphatic carbocycles. The van der Waals surface area contributed by atoms with E-state index in [2.05, 4.69) is 0 Å². The zero-order valence-corrected chi connectivity index (χ0v) is 14.0. The smallest absolute Gasteiger partial charge is 0.312 e. The van der Waals surface area contributed by atoms with Crippen LogP contribution in [0.5, 0.6) is 0 Å². The SMILES string of the molecule is CC(=N)C(C#N)C(=O)COC(=O)C12C[C@@H]3C[C@@H](CC(Cl)(C3)C1)C2. The lowest BCUT2D eigenvalue weighted by Crippen LogP contribution is -2.56. The number of ketones is 1. The summed E-state index contributed by atoms with van der Waals surface area (Å²) in [5.41, 5.74) is -0.573.